The van der Waals surface area contributed by atoms with Gasteiger partial charge in [-0.25, -0.2) is 4.79 Å². The number of carbonyl (C=O) groups excluding carboxylic acids is 2. The molecule has 0 saturated heterocycles. The number of nitrogens with one attached hydrogen (secondary N) is 3. The number of fused-ring (bicyclic) bond motifs is 1. The second-order valence-corrected chi connectivity index (χ2v) is 4.41. The number of anilines is 2. The first-order valence-electron chi connectivity index (χ1n) is 6.22. The molecule has 0 saturated carbocycles. The summed E-state index contributed by atoms with van der Waals surface area (Å²) in [6.07, 6.45) is 0.867. The summed E-state index contributed by atoms with van der Waals surface area (Å²) in [6, 6.07) is 3.33. The van der Waals surface area contributed by atoms with Gasteiger partial charge < -0.3 is 20.7 Å². The molecule has 19 heavy (non-hydrogen) atoms. The van der Waals surface area contributed by atoms with Crippen LogP contribution in [0.4, 0.5) is 16.2 Å². The van der Waals surface area contributed by atoms with Crippen LogP contribution in [0.15, 0.2) is 12.1 Å². The molecule has 1 aliphatic rings. The van der Waals surface area contributed by atoms with Gasteiger partial charge >= 0.3 is 6.03 Å². The Labute approximate surface area is 111 Å². The maximum Gasteiger partial charge on any atom is 0.319 e. The Hall–Kier alpha value is -2.24. The van der Waals surface area contributed by atoms with Gasteiger partial charge in [0.1, 0.15) is 0 Å². The van der Waals surface area contributed by atoms with Gasteiger partial charge in [0.25, 0.3) is 5.91 Å². The van der Waals surface area contributed by atoms with Gasteiger partial charge in [0.15, 0.2) is 12.4 Å². The second kappa shape index (κ2) is 5.60. The van der Waals surface area contributed by atoms with E-state index >= 15 is 0 Å². The molecule has 0 spiro atoms. The largest absolute Gasteiger partial charge is 0.479 e. The highest BCUT2D eigenvalue weighted by Gasteiger charge is 2.20. The Morgan fingerprint density at radius 1 is 1.47 bits per heavy atom. The molecule has 1 aromatic carbocycles. The Balaban J connectivity index is 2.20. The van der Waals surface area contributed by atoms with E-state index in [1.54, 1.807) is 0 Å². The lowest BCUT2D eigenvalue weighted by atomic mass is 10.1. The third-order valence-electron chi connectivity index (χ3n) is 2.64. The van der Waals surface area contributed by atoms with Crippen molar-refractivity contribution in [1.29, 1.82) is 0 Å². The second-order valence-electron chi connectivity index (χ2n) is 4.41. The molecule has 3 N–H and O–H groups in total. The average molecular weight is 263 g/mol. The summed E-state index contributed by atoms with van der Waals surface area (Å²) in [6.45, 7) is 4.43. The van der Waals surface area contributed by atoms with Crippen LogP contribution in [0.1, 0.15) is 18.9 Å². The molecule has 0 unspecified atom stereocenters. The number of ether oxygens (including phenoxy) is 1. The lowest BCUT2D eigenvalue weighted by molar-refractivity contribution is -0.118. The van der Waals surface area contributed by atoms with Crippen molar-refractivity contribution in [2.75, 3.05) is 23.8 Å². The summed E-state index contributed by atoms with van der Waals surface area (Å²) in [7, 11) is 0. The van der Waals surface area contributed by atoms with Crippen LogP contribution in [-0.2, 0) is 4.79 Å². The number of carbonyl (C=O) groups is 2. The predicted molar refractivity (Wildman–Crippen MR) is 72.6 cm³/mol. The van der Waals surface area contributed by atoms with E-state index < -0.39 is 0 Å². The molecule has 0 aromatic heterocycles. The van der Waals surface area contributed by atoms with Gasteiger partial charge in [-0.2, -0.15) is 0 Å². The van der Waals surface area contributed by atoms with Crippen LogP contribution in [0.25, 0.3) is 0 Å². The average Bonchev–Trinajstić information content (AvgIpc) is 2.35. The van der Waals surface area contributed by atoms with Gasteiger partial charge in [-0.3, -0.25) is 4.79 Å². The Morgan fingerprint density at radius 3 is 3.00 bits per heavy atom. The fourth-order valence-electron chi connectivity index (χ4n) is 1.84. The zero-order chi connectivity index (χ0) is 13.8. The minimum absolute atomic E-state index is 0.0404. The van der Waals surface area contributed by atoms with Gasteiger partial charge in [-0.05, 0) is 31.0 Å². The van der Waals surface area contributed by atoms with E-state index in [4.69, 9.17) is 4.74 Å². The van der Waals surface area contributed by atoms with Crippen molar-refractivity contribution in [3.63, 3.8) is 0 Å². The highest BCUT2D eigenvalue weighted by Crippen LogP contribution is 2.36. The number of benzene rings is 1. The normalized spacial score (nSPS) is 13.1. The summed E-state index contributed by atoms with van der Waals surface area (Å²) in [4.78, 5) is 22.9. The first-order chi connectivity index (χ1) is 9.10. The van der Waals surface area contributed by atoms with Gasteiger partial charge in [-0.1, -0.05) is 6.92 Å². The van der Waals surface area contributed by atoms with Crippen LogP contribution in [0.3, 0.4) is 0 Å². The first-order valence-corrected chi connectivity index (χ1v) is 6.22. The van der Waals surface area contributed by atoms with Crippen molar-refractivity contribution in [3.05, 3.63) is 17.7 Å². The van der Waals surface area contributed by atoms with E-state index in [1.165, 1.54) is 0 Å². The smallest absolute Gasteiger partial charge is 0.319 e. The number of amides is 3. The van der Waals surface area contributed by atoms with Gasteiger partial charge in [0.2, 0.25) is 0 Å². The molecular formula is C13H17N3O3. The van der Waals surface area contributed by atoms with E-state index in [2.05, 4.69) is 16.0 Å². The number of urea groups is 1. The van der Waals surface area contributed by atoms with Gasteiger partial charge in [-0.15, -0.1) is 0 Å². The summed E-state index contributed by atoms with van der Waals surface area (Å²) in [5, 5.41) is 8.18. The lowest BCUT2D eigenvalue weighted by Gasteiger charge is -2.21. The van der Waals surface area contributed by atoms with Crippen molar-refractivity contribution in [3.8, 4) is 5.75 Å². The van der Waals surface area contributed by atoms with E-state index in [0.29, 0.717) is 23.7 Å². The first kappa shape index (κ1) is 13.2. The maximum atomic E-state index is 11.7. The zero-order valence-electron chi connectivity index (χ0n) is 11.0. The summed E-state index contributed by atoms with van der Waals surface area (Å²) in [5.74, 6) is 0.302. The van der Waals surface area contributed by atoms with Crippen molar-refractivity contribution in [1.82, 2.24) is 5.32 Å². The SMILES string of the molecule is CCCNC(=O)Nc1cc(C)cc2c1OCC(=O)N2. The monoisotopic (exact) mass is 263 g/mol. The number of hydrogen-bond donors (Lipinski definition) is 3. The molecule has 0 aliphatic carbocycles. The third kappa shape index (κ3) is 3.15. The fraction of sp³-hybridized carbons (Fsp3) is 0.385. The molecule has 6 nitrogen and oxygen atoms in total. The molecule has 0 radical (unpaired) electrons. The van der Waals surface area contributed by atoms with Crippen LogP contribution in [0.2, 0.25) is 0 Å². The van der Waals surface area contributed by atoms with Crippen LogP contribution >= 0.6 is 0 Å². The third-order valence-corrected chi connectivity index (χ3v) is 2.64. The van der Waals surface area contributed by atoms with Crippen molar-refractivity contribution >= 4 is 23.3 Å². The molecule has 0 bridgehead atoms. The minimum Gasteiger partial charge on any atom is -0.479 e. The van der Waals surface area contributed by atoms with Crippen LogP contribution in [-0.4, -0.2) is 25.1 Å². The molecule has 2 rings (SSSR count). The molecule has 1 aromatic rings. The number of hydrogen-bond acceptors (Lipinski definition) is 3. The highest BCUT2D eigenvalue weighted by atomic mass is 16.5. The quantitative estimate of drug-likeness (QED) is 0.778. The topological polar surface area (TPSA) is 79.5 Å². The van der Waals surface area contributed by atoms with Crippen LogP contribution < -0.4 is 20.7 Å². The lowest BCUT2D eigenvalue weighted by Crippen LogP contribution is -2.31. The Morgan fingerprint density at radius 2 is 2.26 bits per heavy atom. The van der Waals surface area contributed by atoms with E-state index in [-0.39, 0.29) is 18.5 Å². The van der Waals surface area contributed by atoms with Crippen LogP contribution in [0.5, 0.6) is 5.75 Å². The molecule has 0 fully saturated rings. The predicted octanol–water partition coefficient (Wildman–Crippen LogP) is 1.86. The van der Waals surface area contributed by atoms with Crippen LogP contribution in [0, 0.1) is 6.92 Å². The minimum atomic E-state index is -0.282. The summed E-state index contributed by atoms with van der Waals surface area (Å²) < 4.78 is 5.37. The van der Waals surface area contributed by atoms with E-state index in [9.17, 15) is 9.59 Å². The molecule has 0 atom stereocenters. The number of rotatable bonds is 3. The summed E-state index contributed by atoms with van der Waals surface area (Å²) >= 11 is 0. The van der Waals surface area contributed by atoms with Crippen molar-refractivity contribution in [2.24, 2.45) is 0 Å². The zero-order valence-corrected chi connectivity index (χ0v) is 11.0. The molecule has 1 aliphatic heterocycles. The molecule has 102 valence electrons. The van der Waals surface area contributed by atoms with Crippen molar-refractivity contribution in [2.45, 2.75) is 20.3 Å². The maximum absolute atomic E-state index is 11.7. The van der Waals surface area contributed by atoms with E-state index in [1.807, 2.05) is 26.0 Å². The molecule has 3 amide bonds. The Bertz CT molecular complexity index is 514. The standard InChI is InChI=1S/C13H17N3O3/c1-3-4-14-13(18)16-10-6-8(2)5-9-12(10)19-7-11(17)15-9/h5-6H,3-4,7H2,1-2H3,(H,15,17)(H2,14,16,18). The number of aryl methyl sites for hydroxylation is 1. The van der Waals surface area contributed by atoms with Crippen molar-refractivity contribution < 1.29 is 14.3 Å². The highest BCUT2D eigenvalue weighted by molar-refractivity contribution is 5.99. The fourth-order valence-corrected chi connectivity index (χ4v) is 1.84. The molecule has 1 heterocycles. The van der Waals surface area contributed by atoms with E-state index in [0.717, 1.165) is 12.0 Å². The molecular weight excluding hydrogens is 246 g/mol. The summed E-state index contributed by atoms with van der Waals surface area (Å²) in [5.41, 5.74) is 2.07. The van der Waals surface area contributed by atoms with Gasteiger partial charge in [0.05, 0.1) is 11.4 Å². The Kier molecular flexibility index (Phi) is 3.89. The van der Waals surface area contributed by atoms with Gasteiger partial charge in [0, 0.05) is 6.54 Å². The molecule has 6 heteroatoms.